The lowest BCUT2D eigenvalue weighted by molar-refractivity contribution is -0.118. The van der Waals surface area contributed by atoms with E-state index in [1.165, 1.54) is 32.1 Å². The Balaban J connectivity index is 1.59. The van der Waals surface area contributed by atoms with Crippen LogP contribution in [0.25, 0.3) is 0 Å². The Labute approximate surface area is 149 Å². The lowest BCUT2D eigenvalue weighted by Crippen LogP contribution is -2.34. The maximum atomic E-state index is 11.9. The third-order valence-electron chi connectivity index (χ3n) is 3.98. The van der Waals surface area contributed by atoms with Gasteiger partial charge in [-0.25, -0.2) is 0 Å². The molecule has 6 heteroatoms. The van der Waals surface area contributed by atoms with E-state index in [9.17, 15) is 9.00 Å². The van der Waals surface area contributed by atoms with Crippen LogP contribution in [0.5, 0.6) is 5.75 Å². The van der Waals surface area contributed by atoms with Crippen LogP contribution in [0.2, 0.25) is 0 Å². The molecule has 1 aliphatic carbocycles. The summed E-state index contributed by atoms with van der Waals surface area (Å²) >= 11 is 3.37. The molecule has 128 valence electrons. The summed E-state index contributed by atoms with van der Waals surface area (Å²) < 4.78 is 18.4. The SMILES string of the molecule is O=C(C[S@](=O)CCOc1cccc(Br)c1)NCC1CCCCC1. The fourth-order valence-corrected chi connectivity index (χ4v) is 3.91. The molecular formula is C17H24BrNO3S. The molecule has 0 spiro atoms. The van der Waals surface area contributed by atoms with E-state index < -0.39 is 10.8 Å². The maximum absolute atomic E-state index is 11.9. The van der Waals surface area contributed by atoms with E-state index in [4.69, 9.17) is 4.74 Å². The second-order valence-electron chi connectivity index (χ2n) is 5.90. The molecule has 1 fully saturated rings. The van der Waals surface area contributed by atoms with Gasteiger partial charge < -0.3 is 10.1 Å². The van der Waals surface area contributed by atoms with Gasteiger partial charge >= 0.3 is 0 Å². The molecule has 4 nitrogen and oxygen atoms in total. The second-order valence-corrected chi connectivity index (χ2v) is 8.39. The first kappa shape index (κ1) is 18.5. The zero-order valence-electron chi connectivity index (χ0n) is 13.3. The van der Waals surface area contributed by atoms with Crippen molar-refractivity contribution in [2.75, 3.05) is 24.7 Å². The van der Waals surface area contributed by atoms with Gasteiger partial charge in [-0.1, -0.05) is 41.3 Å². The topological polar surface area (TPSA) is 55.4 Å². The Bertz CT molecular complexity index is 532. The van der Waals surface area contributed by atoms with E-state index in [2.05, 4.69) is 21.2 Å². The van der Waals surface area contributed by atoms with E-state index in [1.54, 1.807) is 0 Å². The molecule has 1 saturated carbocycles. The number of benzene rings is 1. The van der Waals surface area contributed by atoms with E-state index in [0.29, 0.717) is 18.3 Å². The van der Waals surface area contributed by atoms with Crippen molar-refractivity contribution in [3.05, 3.63) is 28.7 Å². The van der Waals surface area contributed by atoms with Gasteiger partial charge in [0, 0.05) is 21.8 Å². The van der Waals surface area contributed by atoms with Crippen LogP contribution >= 0.6 is 15.9 Å². The lowest BCUT2D eigenvalue weighted by atomic mass is 9.89. The van der Waals surface area contributed by atoms with Crippen molar-refractivity contribution in [2.45, 2.75) is 32.1 Å². The van der Waals surface area contributed by atoms with Crippen LogP contribution in [-0.4, -0.2) is 34.8 Å². The maximum Gasteiger partial charge on any atom is 0.232 e. The van der Waals surface area contributed by atoms with Crippen LogP contribution < -0.4 is 10.1 Å². The molecule has 0 unspecified atom stereocenters. The molecular weight excluding hydrogens is 378 g/mol. The summed E-state index contributed by atoms with van der Waals surface area (Å²) in [5.74, 6) is 1.65. The largest absolute Gasteiger partial charge is 0.493 e. The van der Waals surface area contributed by atoms with E-state index in [0.717, 1.165) is 16.8 Å². The summed E-state index contributed by atoms with van der Waals surface area (Å²) in [7, 11) is -1.18. The van der Waals surface area contributed by atoms with Crippen LogP contribution in [0.4, 0.5) is 0 Å². The van der Waals surface area contributed by atoms with Gasteiger partial charge in [0.25, 0.3) is 0 Å². The smallest absolute Gasteiger partial charge is 0.232 e. The molecule has 1 aromatic rings. The summed E-state index contributed by atoms with van der Waals surface area (Å²) in [6.45, 7) is 1.07. The average molecular weight is 402 g/mol. The number of carbonyl (C=O) groups excluding carboxylic acids is 1. The van der Waals surface area contributed by atoms with Crippen molar-refractivity contribution in [1.82, 2.24) is 5.32 Å². The van der Waals surface area contributed by atoms with Crippen molar-refractivity contribution in [1.29, 1.82) is 0 Å². The number of carbonyl (C=O) groups is 1. The molecule has 0 heterocycles. The Hall–Kier alpha value is -0.880. The number of hydrogen-bond acceptors (Lipinski definition) is 3. The van der Waals surface area contributed by atoms with Gasteiger partial charge in [0.2, 0.25) is 5.91 Å². The zero-order valence-corrected chi connectivity index (χ0v) is 15.7. The third-order valence-corrected chi connectivity index (χ3v) is 5.68. The molecule has 0 aliphatic heterocycles. The highest BCUT2D eigenvalue weighted by Gasteiger charge is 2.15. The van der Waals surface area contributed by atoms with Gasteiger partial charge in [0.1, 0.15) is 11.5 Å². The van der Waals surface area contributed by atoms with Crippen molar-refractivity contribution in [2.24, 2.45) is 5.92 Å². The minimum atomic E-state index is -1.18. The fourth-order valence-electron chi connectivity index (χ4n) is 2.73. The van der Waals surface area contributed by atoms with Gasteiger partial charge in [-0.05, 0) is 37.0 Å². The molecule has 1 atom stereocenters. The van der Waals surface area contributed by atoms with Gasteiger partial charge in [0.05, 0.1) is 12.4 Å². The Morgan fingerprint density at radius 3 is 2.83 bits per heavy atom. The van der Waals surface area contributed by atoms with E-state index in [1.807, 2.05) is 24.3 Å². The Morgan fingerprint density at radius 2 is 2.09 bits per heavy atom. The minimum Gasteiger partial charge on any atom is -0.493 e. The Morgan fingerprint density at radius 1 is 1.30 bits per heavy atom. The number of nitrogens with one attached hydrogen (secondary N) is 1. The van der Waals surface area contributed by atoms with Crippen molar-refractivity contribution in [3.63, 3.8) is 0 Å². The quantitative estimate of drug-likeness (QED) is 0.726. The summed E-state index contributed by atoms with van der Waals surface area (Å²) in [6, 6.07) is 7.51. The average Bonchev–Trinajstić information content (AvgIpc) is 2.54. The number of ether oxygens (including phenoxy) is 1. The normalized spacial score (nSPS) is 16.7. The van der Waals surface area contributed by atoms with Gasteiger partial charge in [-0.15, -0.1) is 0 Å². The molecule has 1 N–H and O–H groups in total. The molecule has 1 aliphatic rings. The van der Waals surface area contributed by atoms with Gasteiger partial charge in [-0.3, -0.25) is 9.00 Å². The molecule has 1 aromatic carbocycles. The molecule has 23 heavy (non-hydrogen) atoms. The summed E-state index contributed by atoms with van der Waals surface area (Å²) in [5, 5.41) is 2.92. The highest BCUT2D eigenvalue weighted by Crippen LogP contribution is 2.22. The third kappa shape index (κ3) is 7.48. The molecule has 0 saturated heterocycles. The van der Waals surface area contributed by atoms with Crippen LogP contribution in [-0.2, 0) is 15.6 Å². The molecule has 1 amide bonds. The van der Waals surface area contributed by atoms with Crippen molar-refractivity contribution in [3.8, 4) is 5.75 Å². The standard InChI is InChI=1S/C17H24BrNO3S/c18-15-7-4-8-16(11-15)22-9-10-23(21)13-17(20)19-12-14-5-2-1-3-6-14/h4,7-8,11,14H,1-3,5-6,9-10,12-13H2,(H,19,20)/t23-/m1/s1. The monoisotopic (exact) mass is 401 g/mol. The van der Waals surface area contributed by atoms with Crippen molar-refractivity contribution >= 4 is 32.6 Å². The molecule has 0 radical (unpaired) electrons. The lowest BCUT2D eigenvalue weighted by Gasteiger charge is -2.21. The molecule has 0 aromatic heterocycles. The summed E-state index contributed by atoms with van der Waals surface area (Å²) in [4.78, 5) is 11.8. The number of halogens is 1. The zero-order chi connectivity index (χ0) is 16.5. The second kappa shape index (κ2) is 10.1. The first-order valence-electron chi connectivity index (χ1n) is 8.13. The summed E-state index contributed by atoms with van der Waals surface area (Å²) in [5.41, 5.74) is 0. The molecule has 2 rings (SSSR count). The highest BCUT2D eigenvalue weighted by atomic mass is 79.9. The van der Waals surface area contributed by atoms with Crippen LogP contribution in [0.15, 0.2) is 28.7 Å². The predicted molar refractivity (Wildman–Crippen MR) is 97.1 cm³/mol. The van der Waals surface area contributed by atoms with Crippen LogP contribution in [0.1, 0.15) is 32.1 Å². The van der Waals surface area contributed by atoms with Crippen LogP contribution in [0, 0.1) is 5.92 Å². The number of amides is 1. The van der Waals surface area contributed by atoms with Gasteiger partial charge in [-0.2, -0.15) is 0 Å². The van der Waals surface area contributed by atoms with Crippen molar-refractivity contribution < 1.29 is 13.7 Å². The number of rotatable bonds is 8. The first-order chi connectivity index (χ1) is 11.1. The van der Waals surface area contributed by atoms with Gasteiger partial charge in [0.15, 0.2) is 0 Å². The summed E-state index contributed by atoms with van der Waals surface area (Å²) in [6.07, 6.45) is 6.24. The minimum absolute atomic E-state index is 0.0641. The fraction of sp³-hybridized carbons (Fsp3) is 0.588. The number of hydrogen-bond donors (Lipinski definition) is 1. The van der Waals surface area contributed by atoms with E-state index in [-0.39, 0.29) is 11.7 Å². The highest BCUT2D eigenvalue weighted by molar-refractivity contribution is 9.10. The van der Waals surface area contributed by atoms with E-state index >= 15 is 0 Å². The van der Waals surface area contributed by atoms with Crippen LogP contribution in [0.3, 0.4) is 0 Å². The first-order valence-corrected chi connectivity index (χ1v) is 10.4. The molecule has 0 bridgehead atoms. The predicted octanol–water partition coefficient (Wildman–Crippen LogP) is 3.27. The Kier molecular flexibility index (Phi) is 8.09.